The van der Waals surface area contributed by atoms with Crippen molar-refractivity contribution in [2.75, 3.05) is 30.9 Å². The number of sulfonamides is 1. The average molecular weight is 451 g/mol. The van der Waals surface area contributed by atoms with Crippen LogP contribution in [0.1, 0.15) is 57.2 Å². The second-order valence-corrected chi connectivity index (χ2v) is 9.98. The summed E-state index contributed by atoms with van der Waals surface area (Å²) in [6.07, 6.45) is 1.94. The first-order valence-corrected chi connectivity index (χ1v) is 11.7. The van der Waals surface area contributed by atoms with Gasteiger partial charge in [0.05, 0.1) is 24.2 Å². The van der Waals surface area contributed by atoms with Crippen LogP contribution in [0.3, 0.4) is 0 Å². The number of ether oxygens (including phenoxy) is 1. The summed E-state index contributed by atoms with van der Waals surface area (Å²) in [5, 5.41) is 6.77. The van der Waals surface area contributed by atoms with Gasteiger partial charge < -0.3 is 15.0 Å². The number of pyridine rings is 1. The van der Waals surface area contributed by atoms with Crippen LogP contribution in [0, 0.1) is 0 Å². The summed E-state index contributed by atoms with van der Waals surface area (Å²) in [4.78, 5) is 19.2. The molecule has 2 aromatic heterocycles. The fraction of sp³-hybridized carbons (Fsp3) is 0.550. The third kappa shape index (κ3) is 4.76. The van der Waals surface area contributed by atoms with Crippen LogP contribution >= 0.6 is 0 Å². The van der Waals surface area contributed by atoms with E-state index >= 15 is 0 Å². The number of rotatable bonds is 6. The lowest BCUT2D eigenvalue weighted by atomic mass is 9.96. The van der Waals surface area contributed by atoms with Gasteiger partial charge in [-0.1, -0.05) is 27.7 Å². The zero-order valence-corrected chi connectivity index (χ0v) is 19.6. The molecule has 0 spiro atoms. The number of nitrogens with zero attached hydrogens (tertiary/aromatic N) is 4. The minimum atomic E-state index is -4.16. The number of aromatic nitrogens is 3. The highest BCUT2D eigenvalue weighted by molar-refractivity contribution is 7.90. The van der Waals surface area contributed by atoms with E-state index in [0.29, 0.717) is 24.5 Å². The number of nitrogens with one attached hydrogen (secondary N) is 2. The van der Waals surface area contributed by atoms with Crippen molar-refractivity contribution >= 4 is 27.6 Å². The minimum Gasteiger partial charge on any atom is -0.477 e. The van der Waals surface area contributed by atoms with Crippen LogP contribution < -0.4 is 19.7 Å². The molecule has 0 saturated heterocycles. The fourth-order valence-electron chi connectivity index (χ4n) is 3.35. The summed E-state index contributed by atoms with van der Waals surface area (Å²) in [7, 11) is -0.364. The number of aryl methyl sites for hydroxylation is 1. The lowest BCUT2D eigenvalue weighted by Crippen LogP contribution is -2.35. The largest absolute Gasteiger partial charge is 0.477 e. The summed E-state index contributed by atoms with van der Waals surface area (Å²) in [6.45, 7) is 8.94. The van der Waals surface area contributed by atoms with E-state index in [9.17, 15) is 13.2 Å². The Balaban J connectivity index is 1.91. The first kappa shape index (κ1) is 22.9. The van der Waals surface area contributed by atoms with Gasteiger partial charge in [0.25, 0.3) is 10.0 Å². The van der Waals surface area contributed by atoms with E-state index in [2.05, 4.69) is 20.1 Å². The Labute approximate surface area is 183 Å². The van der Waals surface area contributed by atoms with Crippen molar-refractivity contribution in [2.24, 2.45) is 0 Å². The highest BCUT2D eigenvalue weighted by atomic mass is 32.2. The highest BCUT2D eigenvalue weighted by Gasteiger charge is 2.29. The predicted octanol–water partition coefficient (Wildman–Crippen LogP) is 2.88. The van der Waals surface area contributed by atoms with Crippen molar-refractivity contribution in [1.82, 2.24) is 19.5 Å². The summed E-state index contributed by atoms with van der Waals surface area (Å²) < 4.78 is 34.6. The molecule has 3 rings (SSSR count). The normalized spacial score (nSPS) is 13.7. The highest BCUT2D eigenvalue weighted by Crippen LogP contribution is 2.34. The van der Waals surface area contributed by atoms with Crippen molar-refractivity contribution in [3.05, 3.63) is 23.5 Å². The molecule has 1 aliphatic heterocycles. The number of carbonyl (C=O) groups is 1. The van der Waals surface area contributed by atoms with Gasteiger partial charge in [-0.3, -0.25) is 0 Å². The Morgan fingerprint density at radius 1 is 1.23 bits per heavy atom. The maximum Gasteiger partial charge on any atom is 0.333 e. The molecule has 2 amide bonds. The van der Waals surface area contributed by atoms with Crippen molar-refractivity contribution in [3.63, 3.8) is 0 Å². The van der Waals surface area contributed by atoms with Crippen molar-refractivity contribution < 1.29 is 17.9 Å². The number of amides is 2. The smallest absolute Gasteiger partial charge is 0.333 e. The van der Waals surface area contributed by atoms with E-state index in [0.717, 1.165) is 17.8 Å². The second-order valence-electron chi connectivity index (χ2n) is 8.33. The van der Waals surface area contributed by atoms with Crippen LogP contribution in [-0.2, 0) is 16.6 Å². The lowest BCUT2D eigenvalue weighted by Gasteiger charge is -2.23. The molecule has 0 unspecified atom stereocenters. The number of fused-ring (bicyclic) bond motifs is 1. The van der Waals surface area contributed by atoms with Crippen LogP contribution in [0.25, 0.3) is 0 Å². The first-order chi connectivity index (χ1) is 14.5. The fourth-order valence-corrected chi connectivity index (χ4v) is 4.34. The number of hydrogen-bond donors (Lipinski definition) is 2. The quantitative estimate of drug-likeness (QED) is 0.695. The Hall–Kier alpha value is -2.82. The standard InChI is InChI=1S/C20H30N6O4S/c1-12(2)14-10-16(25(5)6)22-17(13(3)4)18(14)23-20(27)24-31(28,29)15-11-21-26-8-7-9-30-19(15)26/h10-13H,7-9H2,1-6H3,(H2,23,24,27). The van der Waals surface area contributed by atoms with Crippen molar-refractivity contribution in [3.8, 4) is 5.88 Å². The van der Waals surface area contributed by atoms with Gasteiger partial charge in [0, 0.05) is 27.1 Å². The van der Waals surface area contributed by atoms with Crippen LogP contribution in [-0.4, -0.2) is 49.9 Å². The van der Waals surface area contributed by atoms with Gasteiger partial charge >= 0.3 is 6.03 Å². The lowest BCUT2D eigenvalue weighted by molar-refractivity contribution is 0.224. The molecule has 0 atom stereocenters. The van der Waals surface area contributed by atoms with E-state index in [1.54, 1.807) is 0 Å². The van der Waals surface area contributed by atoms with Gasteiger partial charge in [-0.15, -0.1) is 0 Å². The second kappa shape index (κ2) is 8.74. The Morgan fingerprint density at radius 3 is 2.55 bits per heavy atom. The molecule has 0 fully saturated rings. The van der Waals surface area contributed by atoms with Gasteiger partial charge in [0.2, 0.25) is 5.88 Å². The molecule has 11 heteroatoms. The predicted molar refractivity (Wildman–Crippen MR) is 118 cm³/mol. The molecular formula is C20H30N6O4S. The van der Waals surface area contributed by atoms with Gasteiger partial charge in [0.1, 0.15) is 5.82 Å². The number of anilines is 2. The van der Waals surface area contributed by atoms with Crippen molar-refractivity contribution in [2.45, 2.75) is 57.4 Å². The third-order valence-electron chi connectivity index (χ3n) is 4.96. The maximum atomic E-state index is 12.8. The van der Waals surface area contributed by atoms with E-state index in [-0.39, 0.29) is 22.6 Å². The average Bonchev–Trinajstić information content (AvgIpc) is 3.12. The molecule has 31 heavy (non-hydrogen) atoms. The van der Waals surface area contributed by atoms with E-state index in [1.807, 2.05) is 52.8 Å². The monoisotopic (exact) mass is 450 g/mol. The zero-order chi connectivity index (χ0) is 22.9. The summed E-state index contributed by atoms with van der Waals surface area (Å²) >= 11 is 0. The van der Waals surface area contributed by atoms with Crippen LogP contribution in [0.2, 0.25) is 0 Å². The maximum absolute atomic E-state index is 12.8. The molecule has 0 aromatic carbocycles. The minimum absolute atomic E-state index is 0.0143. The molecule has 2 N–H and O–H groups in total. The van der Waals surface area contributed by atoms with Gasteiger partial charge in [-0.2, -0.15) is 5.10 Å². The molecule has 2 aromatic rings. The van der Waals surface area contributed by atoms with E-state index < -0.39 is 16.1 Å². The Morgan fingerprint density at radius 2 is 1.94 bits per heavy atom. The van der Waals surface area contributed by atoms with E-state index in [4.69, 9.17) is 4.74 Å². The SMILES string of the molecule is CC(C)c1cc(N(C)C)nc(C(C)C)c1NC(=O)NS(=O)(=O)c1cnn2c1OCCC2. The summed E-state index contributed by atoms with van der Waals surface area (Å²) in [5.41, 5.74) is 2.09. The molecule has 0 bridgehead atoms. The first-order valence-electron chi connectivity index (χ1n) is 10.3. The Bertz CT molecular complexity index is 1050. The third-order valence-corrected chi connectivity index (χ3v) is 6.27. The molecule has 10 nitrogen and oxygen atoms in total. The van der Waals surface area contributed by atoms with Gasteiger partial charge in [0.15, 0.2) is 4.90 Å². The molecular weight excluding hydrogens is 420 g/mol. The Kier molecular flexibility index (Phi) is 6.44. The van der Waals surface area contributed by atoms with Crippen LogP contribution in [0.5, 0.6) is 5.88 Å². The van der Waals surface area contributed by atoms with Crippen molar-refractivity contribution in [1.29, 1.82) is 0 Å². The summed E-state index contributed by atoms with van der Waals surface area (Å²) in [6, 6.07) is 1.04. The molecule has 0 saturated carbocycles. The number of hydrogen-bond acceptors (Lipinski definition) is 7. The van der Waals surface area contributed by atoms with Crippen LogP contribution in [0.4, 0.5) is 16.3 Å². The van der Waals surface area contributed by atoms with E-state index in [1.165, 1.54) is 10.9 Å². The topological polar surface area (TPSA) is 118 Å². The van der Waals surface area contributed by atoms with Crippen LogP contribution in [0.15, 0.2) is 17.2 Å². The molecule has 0 radical (unpaired) electrons. The summed E-state index contributed by atoms with van der Waals surface area (Å²) in [5.74, 6) is 1.02. The molecule has 3 heterocycles. The van der Waals surface area contributed by atoms with Gasteiger partial charge in [-0.05, 0) is 23.5 Å². The molecule has 1 aliphatic rings. The molecule has 170 valence electrons. The number of carbonyl (C=O) groups excluding carboxylic acids is 1. The zero-order valence-electron chi connectivity index (χ0n) is 18.8. The molecule has 0 aliphatic carbocycles. The number of urea groups is 1. The van der Waals surface area contributed by atoms with Gasteiger partial charge in [-0.25, -0.2) is 27.6 Å².